The fourth-order valence-corrected chi connectivity index (χ4v) is 3.25. The van der Waals surface area contributed by atoms with E-state index in [4.69, 9.17) is 4.74 Å². The van der Waals surface area contributed by atoms with Gasteiger partial charge in [-0.25, -0.2) is 4.79 Å². The number of anilines is 1. The number of rotatable bonds is 4. The Morgan fingerprint density at radius 1 is 1.23 bits per heavy atom. The molecule has 0 aliphatic carbocycles. The Hall–Kier alpha value is -3.81. The number of hydrogen-bond acceptors (Lipinski definition) is 6. The number of halogens is 3. The highest BCUT2D eigenvalue weighted by atomic mass is 19.4. The summed E-state index contributed by atoms with van der Waals surface area (Å²) in [4.78, 5) is 25.4. The van der Waals surface area contributed by atoms with Crippen LogP contribution in [0.5, 0.6) is 0 Å². The van der Waals surface area contributed by atoms with E-state index in [-0.39, 0.29) is 31.9 Å². The lowest BCUT2D eigenvalue weighted by Gasteiger charge is -2.38. The predicted octanol–water partition coefficient (Wildman–Crippen LogP) is 3.96. The lowest BCUT2D eigenvalue weighted by atomic mass is 10.1. The van der Waals surface area contributed by atoms with Gasteiger partial charge in [0.1, 0.15) is 18.3 Å². The molecule has 1 amide bonds. The molecule has 2 aromatic rings. The maximum absolute atomic E-state index is 12.9. The van der Waals surface area contributed by atoms with Gasteiger partial charge in [0.2, 0.25) is 0 Å². The summed E-state index contributed by atoms with van der Waals surface area (Å²) in [6, 6.07) is 12.1. The summed E-state index contributed by atoms with van der Waals surface area (Å²) in [5, 5.41) is 20.9. The Kier molecular flexibility index (Phi) is 6.29. The van der Waals surface area contributed by atoms with Crippen LogP contribution in [0.4, 0.5) is 29.3 Å². The molecule has 8 nitrogen and oxygen atoms in total. The maximum Gasteiger partial charge on any atom is 0.416 e. The number of carbonyl (C=O) groups excluding carboxylic acids is 1. The van der Waals surface area contributed by atoms with Crippen molar-refractivity contribution in [1.82, 2.24) is 4.90 Å². The van der Waals surface area contributed by atoms with Crippen LogP contribution in [0.2, 0.25) is 0 Å². The minimum Gasteiger partial charge on any atom is -0.445 e. The first kappa shape index (κ1) is 21.9. The number of benzene rings is 2. The molecule has 1 fully saturated rings. The third kappa shape index (κ3) is 5.03. The van der Waals surface area contributed by atoms with Gasteiger partial charge in [-0.3, -0.25) is 10.1 Å². The average molecular weight is 434 g/mol. The summed E-state index contributed by atoms with van der Waals surface area (Å²) < 4.78 is 44.1. The van der Waals surface area contributed by atoms with E-state index in [0.29, 0.717) is 6.07 Å². The topological polar surface area (TPSA) is 99.7 Å². The number of alkyl halides is 3. The molecule has 1 aliphatic rings. The number of amides is 1. The number of carbonyl (C=O) groups is 1. The van der Waals surface area contributed by atoms with Crippen LogP contribution in [0.1, 0.15) is 11.1 Å². The van der Waals surface area contributed by atoms with Crippen molar-refractivity contribution in [1.29, 1.82) is 5.26 Å². The van der Waals surface area contributed by atoms with Crippen molar-refractivity contribution in [3.63, 3.8) is 0 Å². The summed E-state index contributed by atoms with van der Waals surface area (Å²) >= 11 is 0. The van der Waals surface area contributed by atoms with E-state index < -0.39 is 34.5 Å². The van der Waals surface area contributed by atoms with Gasteiger partial charge in [0.25, 0.3) is 5.69 Å². The summed E-state index contributed by atoms with van der Waals surface area (Å²) in [7, 11) is 0. The van der Waals surface area contributed by atoms with Gasteiger partial charge < -0.3 is 14.5 Å². The zero-order valence-electron chi connectivity index (χ0n) is 16.1. The quantitative estimate of drug-likeness (QED) is 0.533. The second-order valence-corrected chi connectivity index (χ2v) is 6.78. The molecule has 0 radical (unpaired) electrons. The fourth-order valence-electron chi connectivity index (χ4n) is 3.25. The molecule has 162 valence electrons. The zero-order chi connectivity index (χ0) is 22.6. The summed E-state index contributed by atoms with van der Waals surface area (Å²) in [5.74, 6) is 0. The molecule has 0 bridgehead atoms. The number of nitro benzene ring substituents is 1. The standard InChI is InChI=1S/C20H17F3N4O4/c21-20(22,23)15-6-7-17(18(10-15)27(29)30)26-9-8-25(12-16(26)11-24)19(28)31-13-14-4-2-1-3-5-14/h1-7,10,16H,8-9,12-13H2. The third-order valence-corrected chi connectivity index (χ3v) is 4.80. The van der Waals surface area contributed by atoms with Crippen LogP contribution < -0.4 is 4.90 Å². The van der Waals surface area contributed by atoms with Gasteiger partial charge in [0.15, 0.2) is 0 Å². The second-order valence-electron chi connectivity index (χ2n) is 6.78. The van der Waals surface area contributed by atoms with Crippen molar-refractivity contribution in [3.05, 3.63) is 69.8 Å². The average Bonchev–Trinajstić information content (AvgIpc) is 2.76. The number of ether oxygens (including phenoxy) is 1. The summed E-state index contributed by atoms with van der Waals surface area (Å²) in [6.45, 7) is 0.0403. The molecule has 31 heavy (non-hydrogen) atoms. The van der Waals surface area contributed by atoms with Crippen molar-refractivity contribution < 1.29 is 27.6 Å². The monoisotopic (exact) mass is 434 g/mol. The number of hydrogen-bond donors (Lipinski definition) is 0. The van der Waals surface area contributed by atoms with Gasteiger partial charge in [-0.2, -0.15) is 18.4 Å². The van der Waals surface area contributed by atoms with Crippen molar-refractivity contribution in [3.8, 4) is 6.07 Å². The fraction of sp³-hybridized carbons (Fsp3) is 0.300. The minimum atomic E-state index is -4.74. The summed E-state index contributed by atoms with van der Waals surface area (Å²) in [6.07, 6.45) is -5.38. The van der Waals surface area contributed by atoms with Crippen molar-refractivity contribution in [2.75, 3.05) is 24.5 Å². The SMILES string of the molecule is N#CC1CN(C(=O)OCc2ccccc2)CCN1c1ccc(C(F)(F)F)cc1[N+](=O)[O-]. The lowest BCUT2D eigenvalue weighted by molar-refractivity contribution is -0.384. The molecule has 2 aromatic carbocycles. The first-order valence-corrected chi connectivity index (χ1v) is 9.18. The van der Waals surface area contributed by atoms with Gasteiger partial charge in [-0.15, -0.1) is 0 Å². The van der Waals surface area contributed by atoms with Gasteiger partial charge in [0.05, 0.1) is 23.1 Å². The molecule has 1 saturated heterocycles. The summed E-state index contributed by atoms with van der Waals surface area (Å²) in [5.41, 5.74) is -1.23. The Bertz CT molecular complexity index is 1010. The highest BCUT2D eigenvalue weighted by molar-refractivity contribution is 5.70. The molecule has 3 rings (SSSR count). The number of nitro groups is 1. The molecule has 1 unspecified atom stereocenters. The Balaban J connectivity index is 1.75. The predicted molar refractivity (Wildman–Crippen MR) is 103 cm³/mol. The van der Waals surface area contributed by atoms with Crippen LogP contribution in [-0.2, 0) is 17.5 Å². The van der Waals surface area contributed by atoms with Crippen LogP contribution in [0.15, 0.2) is 48.5 Å². The highest BCUT2D eigenvalue weighted by Gasteiger charge is 2.37. The number of piperazine rings is 1. The van der Waals surface area contributed by atoms with E-state index in [2.05, 4.69) is 0 Å². The largest absolute Gasteiger partial charge is 0.445 e. The Morgan fingerprint density at radius 2 is 1.94 bits per heavy atom. The van der Waals surface area contributed by atoms with E-state index in [0.717, 1.165) is 17.7 Å². The Labute approximate surface area is 175 Å². The lowest BCUT2D eigenvalue weighted by Crippen LogP contribution is -2.54. The first-order chi connectivity index (χ1) is 14.7. The van der Waals surface area contributed by atoms with E-state index in [1.54, 1.807) is 24.3 Å². The van der Waals surface area contributed by atoms with Gasteiger partial charge in [-0.1, -0.05) is 30.3 Å². The third-order valence-electron chi connectivity index (χ3n) is 4.80. The van der Waals surface area contributed by atoms with E-state index in [1.807, 2.05) is 12.1 Å². The van der Waals surface area contributed by atoms with Gasteiger partial charge in [-0.05, 0) is 17.7 Å². The van der Waals surface area contributed by atoms with Crippen LogP contribution in [-0.4, -0.2) is 41.6 Å². The first-order valence-electron chi connectivity index (χ1n) is 9.18. The van der Waals surface area contributed by atoms with Crippen LogP contribution in [0, 0.1) is 21.4 Å². The maximum atomic E-state index is 12.9. The molecule has 0 N–H and O–H groups in total. The van der Waals surface area contributed by atoms with Gasteiger partial charge in [0, 0.05) is 19.2 Å². The molecule has 11 heteroatoms. The van der Waals surface area contributed by atoms with Gasteiger partial charge >= 0.3 is 12.3 Å². The Morgan fingerprint density at radius 3 is 2.55 bits per heavy atom. The van der Waals surface area contributed by atoms with Crippen molar-refractivity contribution in [2.45, 2.75) is 18.8 Å². The highest BCUT2D eigenvalue weighted by Crippen LogP contribution is 2.37. The van der Waals surface area contributed by atoms with Crippen molar-refractivity contribution >= 4 is 17.5 Å². The smallest absolute Gasteiger partial charge is 0.416 e. The normalized spacial score (nSPS) is 16.5. The van der Waals surface area contributed by atoms with Crippen LogP contribution in [0.3, 0.4) is 0 Å². The minimum absolute atomic E-state index is 0.0187. The molecule has 0 aromatic heterocycles. The van der Waals surface area contributed by atoms with E-state index in [9.17, 15) is 33.3 Å². The molecule has 1 aliphatic heterocycles. The second kappa shape index (κ2) is 8.91. The van der Waals surface area contributed by atoms with Crippen molar-refractivity contribution in [2.24, 2.45) is 0 Å². The molecular weight excluding hydrogens is 417 g/mol. The number of nitriles is 1. The number of nitrogens with zero attached hydrogens (tertiary/aromatic N) is 4. The van der Waals surface area contributed by atoms with E-state index in [1.165, 1.54) is 9.80 Å². The molecule has 1 heterocycles. The van der Waals surface area contributed by atoms with Crippen LogP contribution in [0.25, 0.3) is 0 Å². The molecule has 1 atom stereocenters. The molecular formula is C20H17F3N4O4. The van der Waals surface area contributed by atoms with Crippen LogP contribution >= 0.6 is 0 Å². The van der Waals surface area contributed by atoms with E-state index >= 15 is 0 Å². The molecule has 0 spiro atoms. The zero-order valence-corrected chi connectivity index (χ0v) is 16.1. The molecule has 0 saturated carbocycles.